The van der Waals surface area contributed by atoms with E-state index in [9.17, 15) is 4.79 Å². The highest BCUT2D eigenvalue weighted by Gasteiger charge is 2.30. The van der Waals surface area contributed by atoms with E-state index in [1.807, 2.05) is 30.3 Å². The van der Waals surface area contributed by atoms with Crippen molar-refractivity contribution in [1.82, 2.24) is 0 Å². The van der Waals surface area contributed by atoms with Gasteiger partial charge in [0, 0.05) is 12.2 Å². The molecule has 0 saturated carbocycles. The van der Waals surface area contributed by atoms with Crippen molar-refractivity contribution in [2.45, 2.75) is 6.23 Å². The van der Waals surface area contributed by atoms with Crippen LogP contribution in [0.4, 0.5) is 16.2 Å². The molecular formula is C19H20N2O4. The van der Waals surface area contributed by atoms with Gasteiger partial charge in [-0.3, -0.25) is 5.32 Å². The molecule has 0 spiro atoms. The molecule has 1 heterocycles. The van der Waals surface area contributed by atoms with Gasteiger partial charge in [0.05, 0.1) is 12.8 Å². The van der Waals surface area contributed by atoms with Crippen LogP contribution in [-0.4, -0.2) is 32.6 Å². The van der Waals surface area contributed by atoms with Crippen molar-refractivity contribution in [2.24, 2.45) is 0 Å². The predicted octanol–water partition coefficient (Wildman–Crippen LogP) is 3.65. The molecule has 1 N–H and O–H groups in total. The molecule has 2 aromatic carbocycles. The van der Waals surface area contributed by atoms with Gasteiger partial charge in [-0.1, -0.05) is 18.2 Å². The second-order valence-corrected chi connectivity index (χ2v) is 5.43. The molecule has 0 saturated heterocycles. The number of anilines is 2. The molecule has 1 aliphatic heterocycles. The Morgan fingerprint density at radius 3 is 2.76 bits per heavy atom. The van der Waals surface area contributed by atoms with Gasteiger partial charge < -0.3 is 19.1 Å². The summed E-state index contributed by atoms with van der Waals surface area (Å²) in [4.78, 5) is 13.3. The summed E-state index contributed by atoms with van der Waals surface area (Å²) in [6.45, 7) is 4.85. The molecular weight excluding hydrogens is 320 g/mol. The van der Waals surface area contributed by atoms with Crippen molar-refractivity contribution in [2.75, 3.05) is 30.5 Å². The molecule has 1 amide bonds. The third-order valence-corrected chi connectivity index (χ3v) is 3.79. The highest BCUT2D eigenvalue weighted by Crippen LogP contribution is 2.36. The number of nitrogens with one attached hydrogen (secondary N) is 1. The van der Waals surface area contributed by atoms with Gasteiger partial charge in [0.25, 0.3) is 0 Å². The molecule has 25 heavy (non-hydrogen) atoms. The van der Waals surface area contributed by atoms with Crippen LogP contribution in [0.2, 0.25) is 0 Å². The maximum absolute atomic E-state index is 11.2. The van der Waals surface area contributed by atoms with Gasteiger partial charge in [-0.05, 0) is 36.4 Å². The maximum atomic E-state index is 11.2. The van der Waals surface area contributed by atoms with Gasteiger partial charge in [-0.2, -0.15) is 0 Å². The number of methoxy groups -OCH3 is 1. The fourth-order valence-electron chi connectivity index (χ4n) is 2.61. The van der Waals surface area contributed by atoms with Crippen LogP contribution in [0.5, 0.6) is 11.5 Å². The Balaban J connectivity index is 1.61. The molecule has 0 fully saturated rings. The highest BCUT2D eigenvalue weighted by molar-refractivity contribution is 5.84. The predicted molar refractivity (Wildman–Crippen MR) is 96.4 cm³/mol. The summed E-state index contributed by atoms with van der Waals surface area (Å²) in [5, 5.41) is 2.59. The van der Waals surface area contributed by atoms with E-state index >= 15 is 0 Å². The van der Waals surface area contributed by atoms with Crippen LogP contribution < -0.4 is 19.7 Å². The number of amides is 1. The Labute approximate surface area is 146 Å². The number of ether oxygens (including phenoxy) is 3. The topological polar surface area (TPSA) is 60.0 Å². The van der Waals surface area contributed by atoms with Gasteiger partial charge in [0.1, 0.15) is 18.1 Å². The Hall–Kier alpha value is -3.15. The second kappa shape index (κ2) is 7.61. The van der Waals surface area contributed by atoms with E-state index in [1.165, 1.54) is 7.11 Å². The number of hydrogen-bond donors (Lipinski definition) is 1. The number of para-hydroxylation sites is 2. The fourth-order valence-corrected chi connectivity index (χ4v) is 2.61. The van der Waals surface area contributed by atoms with Gasteiger partial charge in [0.2, 0.25) is 6.23 Å². The van der Waals surface area contributed by atoms with Gasteiger partial charge in [-0.25, -0.2) is 4.79 Å². The summed E-state index contributed by atoms with van der Waals surface area (Å²) < 4.78 is 16.4. The lowest BCUT2D eigenvalue weighted by atomic mass is 10.3. The van der Waals surface area contributed by atoms with E-state index in [4.69, 9.17) is 9.47 Å². The average molecular weight is 340 g/mol. The minimum atomic E-state index is -0.508. The number of rotatable bonds is 6. The third-order valence-electron chi connectivity index (χ3n) is 3.79. The SMILES string of the molecule is C=CCN1c2ccccc2OC1COc1ccc(NC(=O)OC)cc1. The normalized spacial score (nSPS) is 15.1. The Bertz CT molecular complexity index is 745. The zero-order chi connectivity index (χ0) is 17.6. The summed E-state index contributed by atoms with van der Waals surface area (Å²) in [6, 6.07) is 15.0. The van der Waals surface area contributed by atoms with Crippen LogP contribution in [-0.2, 0) is 4.74 Å². The smallest absolute Gasteiger partial charge is 0.411 e. The first-order chi connectivity index (χ1) is 12.2. The monoisotopic (exact) mass is 340 g/mol. The van der Waals surface area contributed by atoms with Crippen molar-refractivity contribution in [1.29, 1.82) is 0 Å². The lowest BCUT2D eigenvalue weighted by Crippen LogP contribution is -2.39. The van der Waals surface area contributed by atoms with Crippen LogP contribution in [0.15, 0.2) is 61.2 Å². The van der Waals surface area contributed by atoms with Crippen molar-refractivity contribution >= 4 is 17.5 Å². The molecule has 0 aromatic heterocycles. The minimum absolute atomic E-state index is 0.219. The molecule has 6 heteroatoms. The van der Waals surface area contributed by atoms with E-state index in [2.05, 4.69) is 21.5 Å². The molecule has 0 aliphatic carbocycles. The van der Waals surface area contributed by atoms with E-state index in [-0.39, 0.29) is 6.23 Å². The lowest BCUT2D eigenvalue weighted by Gasteiger charge is -2.24. The van der Waals surface area contributed by atoms with E-state index in [0.29, 0.717) is 24.6 Å². The van der Waals surface area contributed by atoms with Crippen molar-refractivity contribution in [3.63, 3.8) is 0 Å². The van der Waals surface area contributed by atoms with Crippen LogP contribution in [0.1, 0.15) is 0 Å². The van der Waals surface area contributed by atoms with Crippen LogP contribution in [0.3, 0.4) is 0 Å². The first-order valence-electron chi connectivity index (χ1n) is 7.92. The van der Waals surface area contributed by atoms with Crippen molar-refractivity contribution in [3.8, 4) is 11.5 Å². The number of carbonyl (C=O) groups is 1. The second-order valence-electron chi connectivity index (χ2n) is 5.43. The summed E-state index contributed by atoms with van der Waals surface area (Å²) in [5.41, 5.74) is 1.67. The zero-order valence-corrected chi connectivity index (χ0v) is 14.0. The number of fused-ring (bicyclic) bond motifs is 1. The number of benzene rings is 2. The summed E-state index contributed by atoms with van der Waals surface area (Å²) >= 11 is 0. The zero-order valence-electron chi connectivity index (χ0n) is 14.0. The Morgan fingerprint density at radius 2 is 2.04 bits per heavy atom. The number of nitrogens with zero attached hydrogens (tertiary/aromatic N) is 1. The van der Waals surface area contributed by atoms with Crippen LogP contribution in [0, 0.1) is 0 Å². The quantitative estimate of drug-likeness (QED) is 0.813. The molecule has 1 unspecified atom stereocenters. The number of hydrogen-bond acceptors (Lipinski definition) is 5. The molecule has 6 nitrogen and oxygen atoms in total. The highest BCUT2D eigenvalue weighted by atomic mass is 16.6. The summed E-state index contributed by atoms with van der Waals surface area (Å²) in [6.07, 6.45) is 1.11. The van der Waals surface area contributed by atoms with Crippen LogP contribution in [0.25, 0.3) is 0 Å². The van der Waals surface area contributed by atoms with Gasteiger partial charge >= 0.3 is 6.09 Å². The van der Waals surface area contributed by atoms with E-state index in [1.54, 1.807) is 24.3 Å². The van der Waals surface area contributed by atoms with E-state index < -0.39 is 6.09 Å². The summed E-state index contributed by atoms with van der Waals surface area (Å²) in [5.74, 6) is 1.53. The molecule has 130 valence electrons. The number of carbonyl (C=O) groups excluding carboxylic acids is 1. The third kappa shape index (κ3) is 3.85. The van der Waals surface area contributed by atoms with E-state index in [0.717, 1.165) is 11.4 Å². The Kier molecular flexibility index (Phi) is 5.09. The molecule has 3 rings (SSSR count). The fraction of sp³-hybridized carbons (Fsp3) is 0.211. The molecule has 1 aliphatic rings. The summed E-state index contributed by atoms with van der Waals surface area (Å²) in [7, 11) is 1.32. The lowest BCUT2D eigenvalue weighted by molar-refractivity contribution is 0.144. The van der Waals surface area contributed by atoms with Gasteiger partial charge in [0.15, 0.2) is 0 Å². The standard InChI is InChI=1S/C19H20N2O4/c1-3-12-21-16-6-4-5-7-17(16)25-18(21)13-24-15-10-8-14(9-11-15)20-19(22)23-2/h3-11,18H,1,12-13H2,2H3,(H,20,22). The molecule has 0 bridgehead atoms. The largest absolute Gasteiger partial charge is 0.488 e. The van der Waals surface area contributed by atoms with Gasteiger partial charge in [-0.15, -0.1) is 6.58 Å². The maximum Gasteiger partial charge on any atom is 0.411 e. The van der Waals surface area contributed by atoms with Crippen molar-refractivity contribution in [3.05, 3.63) is 61.2 Å². The van der Waals surface area contributed by atoms with Crippen molar-refractivity contribution < 1.29 is 19.0 Å². The van der Waals surface area contributed by atoms with Crippen LogP contribution >= 0.6 is 0 Å². The molecule has 1 atom stereocenters. The molecule has 2 aromatic rings. The first-order valence-corrected chi connectivity index (χ1v) is 7.92. The Morgan fingerprint density at radius 1 is 1.28 bits per heavy atom. The first kappa shape index (κ1) is 16.7. The minimum Gasteiger partial charge on any atom is -0.488 e. The molecule has 0 radical (unpaired) electrons. The average Bonchev–Trinajstić information content (AvgIpc) is 2.99.